The van der Waals surface area contributed by atoms with E-state index in [1.54, 1.807) is 0 Å². The van der Waals surface area contributed by atoms with Crippen LogP contribution in [0.4, 0.5) is 13.2 Å². The largest absolute Gasteiger partial charge is 0.389 e. The molecule has 17 heavy (non-hydrogen) atoms. The van der Waals surface area contributed by atoms with Gasteiger partial charge in [-0.05, 0) is 6.42 Å². The molecule has 0 saturated carbocycles. The number of ether oxygens (including phenoxy) is 1. The van der Waals surface area contributed by atoms with Gasteiger partial charge in [0.15, 0.2) is 0 Å². The molecule has 0 aromatic carbocycles. The maximum Gasteiger partial charge on any atom is 0.389 e. The summed E-state index contributed by atoms with van der Waals surface area (Å²) >= 11 is 7.08. The minimum absolute atomic E-state index is 0.00823. The molecule has 0 amide bonds. The summed E-state index contributed by atoms with van der Waals surface area (Å²) in [4.78, 5) is 4.21. The van der Waals surface area contributed by atoms with Crippen LogP contribution in [-0.2, 0) is 17.0 Å². The van der Waals surface area contributed by atoms with Crippen LogP contribution >= 0.6 is 22.9 Å². The molecule has 0 radical (unpaired) electrons. The van der Waals surface area contributed by atoms with Crippen molar-refractivity contribution in [2.24, 2.45) is 0 Å². The van der Waals surface area contributed by atoms with Crippen molar-refractivity contribution in [2.45, 2.75) is 31.3 Å². The number of hydrogen-bond donors (Lipinski definition) is 0. The number of hydrogen-bond acceptors (Lipinski definition) is 3. The normalized spacial score (nSPS) is 12.0. The van der Waals surface area contributed by atoms with E-state index >= 15 is 0 Å². The molecule has 0 N–H and O–H groups in total. The number of halogens is 4. The van der Waals surface area contributed by atoms with Gasteiger partial charge in [-0.15, -0.1) is 22.9 Å². The van der Waals surface area contributed by atoms with Gasteiger partial charge in [-0.3, -0.25) is 0 Å². The summed E-state index contributed by atoms with van der Waals surface area (Å²) in [7, 11) is 0. The Hall–Kier alpha value is -0.330. The zero-order chi connectivity index (χ0) is 12.7. The van der Waals surface area contributed by atoms with Crippen molar-refractivity contribution < 1.29 is 17.9 Å². The first-order chi connectivity index (χ1) is 8.01. The van der Waals surface area contributed by atoms with Crippen LogP contribution in [0.15, 0.2) is 5.38 Å². The highest BCUT2D eigenvalue weighted by Crippen LogP contribution is 2.21. The predicted molar refractivity (Wildman–Crippen MR) is 61.5 cm³/mol. The first-order valence-corrected chi connectivity index (χ1v) is 6.56. The number of thiazole rings is 1. The van der Waals surface area contributed by atoms with E-state index in [0.717, 1.165) is 10.7 Å². The van der Waals surface area contributed by atoms with E-state index in [9.17, 15) is 13.2 Å². The highest BCUT2D eigenvalue weighted by atomic mass is 35.5. The summed E-state index contributed by atoms with van der Waals surface area (Å²) in [5.74, 6) is 0.378. The minimum Gasteiger partial charge on any atom is -0.381 e. The lowest BCUT2D eigenvalue weighted by molar-refractivity contribution is -0.137. The Bertz CT molecular complexity index is 330. The van der Waals surface area contributed by atoms with Crippen LogP contribution in [0, 0.1) is 0 Å². The molecule has 0 spiro atoms. The highest BCUT2D eigenvalue weighted by molar-refractivity contribution is 7.09. The lowest BCUT2D eigenvalue weighted by Crippen LogP contribution is -2.09. The van der Waals surface area contributed by atoms with Crippen LogP contribution in [0.25, 0.3) is 0 Å². The van der Waals surface area contributed by atoms with Gasteiger partial charge in [-0.2, -0.15) is 13.2 Å². The third-order valence-electron chi connectivity index (χ3n) is 1.95. The van der Waals surface area contributed by atoms with Crippen LogP contribution in [0.5, 0.6) is 0 Å². The van der Waals surface area contributed by atoms with Crippen LogP contribution in [0.2, 0.25) is 0 Å². The number of rotatable bonds is 7. The van der Waals surface area contributed by atoms with Crippen molar-refractivity contribution in [1.82, 2.24) is 4.98 Å². The first kappa shape index (κ1) is 14.7. The van der Waals surface area contributed by atoms with Gasteiger partial charge in [-0.1, -0.05) is 0 Å². The van der Waals surface area contributed by atoms with Gasteiger partial charge in [0.2, 0.25) is 0 Å². The molecule has 1 aromatic heterocycles. The summed E-state index contributed by atoms with van der Waals surface area (Å²) in [6, 6.07) is 0. The standard InChI is InChI=1S/C10H13ClF3NOS/c11-6-8-7-17-9(15-8)2-5-16-4-1-3-10(12,13)14/h7H,1-6H2. The van der Waals surface area contributed by atoms with Crippen molar-refractivity contribution in [2.75, 3.05) is 13.2 Å². The maximum atomic E-state index is 11.8. The van der Waals surface area contributed by atoms with Gasteiger partial charge in [0.25, 0.3) is 0 Å². The summed E-state index contributed by atoms with van der Waals surface area (Å²) in [5.41, 5.74) is 0.823. The van der Waals surface area contributed by atoms with E-state index in [2.05, 4.69) is 4.98 Å². The van der Waals surface area contributed by atoms with Crippen LogP contribution in [0.1, 0.15) is 23.5 Å². The molecular weight excluding hydrogens is 275 g/mol. The second-order valence-electron chi connectivity index (χ2n) is 3.45. The molecule has 1 aromatic rings. The fourth-order valence-electron chi connectivity index (χ4n) is 1.16. The number of nitrogens with zero attached hydrogens (tertiary/aromatic N) is 1. The van der Waals surface area contributed by atoms with Gasteiger partial charge in [0, 0.05) is 24.8 Å². The van der Waals surface area contributed by atoms with E-state index in [1.807, 2.05) is 5.38 Å². The summed E-state index contributed by atoms with van der Waals surface area (Å²) < 4.78 is 40.5. The quantitative estimate of drug-likeness (QED) is 0.562. The Kier molecular flexibility index (Phi) is 6.22. The molecule has 0 bridgehead atoms. The fourth-order valence-corrected chi connectivity index (χ4v) is 2.17. The Morgan fingerprint density at radius 3 is 2.71 bits per heavy atom. The van der Waals surface area contributed by atoms with Gasteiger partial charge >= 0.3 is 6.18 Å². The molecule has 0 unspecified atom stereocenters. The molecule has 2 nitrogen and oxygen atoms in total. The fraction of sp³-hybridized carbons (Fsp3) is 0.700. The van der Waals surface area contributed by atoms with Crippen molar-refractivity contribution in [3.8, 4) is 0 Å². The smallest absolute Gasteiger partial charge is 0.381 e. The molecule has 0 aliphatic rings. The summed E-state index contributed by atoms with van der Waals surface area (Å²) in [6.45, 7) is 0.528. The monoisotopic (exact) mass is 287 g/mol. The Balaban J connectivity index is 2.04. The van der Waals surface area contributed by atoms with Crippen molar-refractivity contribution >= 4 is 22.9 Å². The van der Waals surface area contributed by atoms with Crippen molar-refractivity contribution in [3.05, 3.63) is 16.1 Å². The van der Waals surface area contributed by atoms with E-state index in [-0.39, 0.29) is 13.0 Å². The van der Waals surface area contributed by atoms with E-state index in [4.69, 9.17) is 16.3 Å². The number of aromatic nitrogens is 1. The lowest BCUT2D eigenvalue weighted by Gasteiger charge is -2.06. The van der Waals surface area contributed by atoms with Crippen LogP contribution < -0.4 is 0 Å². The van der Waals surface area contributed by atoms with Gasteiger partial charge in [-0.25, -0.2) is 4.98 Å². The second-order valence-corrected chi connectivity index (χ2v) is 4.66. The van der Waals surface area contributed by atoms with E-state index in [1.165, 1.54) is 11.3 Å². The first-order valence-electron chi connectivity index (χ1n) is 5.15. The molecule has 98 valence electrons. The molecule has 1 heterocycles. The molecule has 0 atom stereocenters. The Morgan fingerprint density at radius 2 is 2.12 bits per heavy atom. The zero-order valence-electron chi connectivity index (χ0n) is 9.10. The molecule has 0 aliphatic carbocycles. The second kappa shape index (κ2) is 7.18. The Morgan fingerprint density at radius 1 is 1.35 bits per heavy atom. The van der Waals surface area contributed by atoms with Crippen LogP contribution in [0.3, 0.4) is 0 Å². The van der Waals surface area contributed by atoms with Crippen molar-refractivity contribution in [3.63, 3.8) is 0 Å². The predicted octanol–water partition coefficient (Wildman–Crippen LogP) is 3.78. The molecular formula is C10H13ClF3NOS. The minimum atomic E-state index is -4.09. The number of alkyl halides is 4. The molecule has 0 fully saturated rings. The lowest BCUT2D eigenvalue weighted by atomic mass is 10.3. The summed E-state index contributed by atoms with van der Waals surface area (Å²) in [5, 5.41) is 2.77. The SMILES string of the molecule is FC(F)(F)CCCOCCc1nc(CCl)cs1. The third kappa shape index (κ3) is 6.85. The molecule has 0 saturated heterocycles. The van der Waals surface area contributed by atoms with Gasteiger partial charge in [0.05, 0.1) is 23.2 Å². The van der Waals surface area contributed by atoms with Crippen LogP contribution in [-0.4, -0.2) is 24.4 Å². The summed E-state index contributed by atoms with van der Waals surface area (Å²) in [6.07, 6.45) is -4.25. The van der Waals surface area contributed by atoms with E-state index in [0.29, 0.717) is 18.9 Å². The van der Waals surface area contributed by atoms with Gasteiger partial charge < -0.3 is 4.74 Å². The average molecular weight is 288 g/mol. The van der Waals surface area contributed by atoms with Crippen molar-refractivity contribution in [1.29, 1.82) is 0 Å². The van der Waals surface area contributed by atoms with E-state index < -0.39 is 12.6 Å². The molecule has 0 aliphatic heterocycles. The Labute approximate surface area is 107 Å². The van der Waals surface area contributed by atoms with Gasteiger partial charge in [0.1, 0.15) is 0 Å². The molecule has 7 heteroatoms. The highest BCUT2D eigenvalue weighted by Gasteiger charge is 2.25. The molecule has 1 rings (SSSR count). The third-order valence-corrected chi connectivity index (χ3v) is 3.18. The topological polar surface area (TPSA) is 22.1 Å². The maximum absolute atomic E-state index is 11.8. The average Bonchev–Trinajstić information content (AvgIpc) is 2.69. The zero-order valence-corrected chi connectivity index (χ0v) is 10.7.